The van der Waals surface area contributed by atoms with Gasteiger partial charge in [-0.15, -0.1) is 0 Å². The van der Waals surface area contributed by atoms with E-state index in [2.05, 4.69) is 54.2 Å². The molecule has 2 aromatic carbocycles. The highest BCUT2D eigenvalue weighted by Gasteiger charge is 2.16. The summed E-state index contributed by atoms with van der Waals surface area (Å²) in [6.45, 7) is 2.82. The lowest BCUT2D eigenvalue weighted by Gasteiger charge is -2.10. The fraction of sp³-hybridized carbons (Fsp3) is 0.350. The number of fused-ring (bicyclic) bond motifs is 1. The van der Waals surface area contributed by atoms with Gasteiger partial charge in [0.1, 0.15) is 0 Å². The summed E-state index contributed by atoms with van der Waals surface area (Å²) in [5.74, 6) is -0.0255. The summed E-state index contributed by atoms with van der Waals surface area (Å²) in [5.41, 5.74) is 8.85. The highest BCUT2D eigenvalue weighted by Crippen LogP contribution is 2.26. The average molecular weight is 308 g/mol. The van der Waals surface area contributed by atoms with Gasteiger partial charge in [-0.3, -0.25) is 10.2 Å². The smallest absolute Gasteiger partial charge is 0.262 e. The van der Waals surface area contributed by atoms with E-state index in [1.54, 1.807) is 0 Å². The Morgan fingerprint density at radius 1 is 1.09 bits per heavy atom. The van der Waals surface area contributed by atoms with Crippen LogP contribution in [0, 0.1) is 0 Å². The second-order valence-corrected chi connectivity index (χ2v) is 6.15. The highest BCUT2D eigenvalue weighted by molar-refractivity contribution is 6.03. The van der Waals surface area contributed by atoms with Gasteiger partial charge in [0.25, 0.3) is 5.91 Å². The van der Waals surface area contributed by atoms with Gasteiger partial charge >= 0.3 is 0 Å². The van der Waals surface area contributed by atoms with Crippen LogP contribution < -0.4 is 10.9 Å². The van der Waals surface area contributed by atoms with Gasteiger partial charge in [0, 0.05) is 12.1 Å². The van der Waals surface area contributed by atoms with E-state index in [1.165, 1.54) is 42.0 Å². The lowest BCUT2D eigenvalue weighted by Crippen LogP contribution is -2.25. The first-order chi connectivity index (χ1) is 11.3. The maximum atomic E-state index is 11.8. The van der Waals surface area contributed by atoms with Crippen LogP contribution in [0.4, 0.5) is 0 Å². The largest absolute Gasteiger partial charge is 0.287 e. The molecule has 0 aromatic heterocycles. The maximum Gasteiger partial charge on any atom is 0.262 e. The molecular weight excluding hydrogens is 284 g/mol. The molecule has 120 valence electrons. The van der Waals surface area contributed by atoms with Crippen molar-refractivity contribution in [1.82, 2.24) is 10.9 Å². The number of amides is 1. The van der Waals surface area contributed by atoms with E-state index in [1.807, 2.05) is 6.08 Å². The fourth-order valence-electron chi connectivity index (χ4n) is 3.21. The fourth-order valence-corrected chi connectivity index (χ4v) is 3.21. The van der Waals surface area contributed by atoms with Gasteiger partial charge in [0.15, 0.2) is 0 Å². The number of carbonyl (C=O) groups excluding carboxylic acids is 1. The Labute approximate surface area is 137 Å². The van der Waals surface area contributed by atoms with Crippen molar-refractivity contribution in [2.45, 2.75) is 39.0 Å². The Morgan fingerprint density at radius 3 is 2.65 bits per heavy atom. The van der Waals surface area contributed by atoms with Gasteiger partial charge in [-0.2, -0.15) is 0 Å². The monoisotopic (exact) mass is 308 g/mol. The van der Waals surface area contributed by atoms with Gasteiger partial charge in [0.2, 0.25) is 0 Å². The normalized spacial score (nSPS) is 16.2. The quantitative estimate of drug-likeness (QED) is 0.626. The first-order valence-corrected chi connectivity index (χ1v) is 8.54. The van der Waals surface area contributed by atoms with Crippen molar-refractivity contribution in [1.29, 1.82) is 0 Å². The van der Waals surface area contributed by atoms with Crippen LogP contribution in [0.3, 0.4) is 0 Å². The molecule has 0 radical (unpaired) electrons. The molecule has 1 fully saturated rings. The third-order valence-corrected chi connectivity index (χ3v) is 4.43. The Hall–Kier alpha value is -2.13. The zero-order chi connectivity index (χ0) is 16.1. The molecule has 23 heavy (non-hydrogen) atoms. The van der Waals surface area contributed by atoms with E-state index in [9.17, 15) is 4.79 Å². The molecule has 1 heterocycles. The molecular formula is C20H24N2O. The van der Waals surface area contributed by atoms with E-state index in [0.29, 0.717) is 6.54 Å². The molecule has 3 nitrogen and oxygen atoms in total. The first-order valence-electron chi connectivity index (χ1n) is 8.54. The predicted molar refractivity (Wildman–Crippen MR) is 95.9 cm³/mol. The summed E-state index contributed by atoms with van der Waals surface area (Å²) in [6.07, 6.45) is 8.18. The standard InChI is InChI=1S/C20H24N2O/c1-2-3-4-5-8-15-9-6-10-16-11-7-12-17(19(15)16)13-18-14-21-22-20(18)23/h6-7,9-13,21H,2-5,8,14H2,1H3,(H,22,23)/b18-13+. The van der Waals surface area contributed by atoms with Crippen molar-refractivity contribution in [2.75, 3.05) is 6.54 Å². The zero-order valence-electron chi connectivity index (χ0n) is 13.7. The van der Waals surface area contributed by atoms with Crippen LogP contribution >= 0.6 is 0 Å². The van der Waals surface area contributed by atoms with Crippen molar-refractivity contribution in [2.24, 2.45) is 0 Å². The summed E-state index contributed by atoms with van der Waals surface area (Å²) in [4.78, 5) is 11.8. The number of nitrogens with one attached hydrogen (secondary N) is 2. The number of hydrogen-bond acceptors (Lipinski definition) is 2. The number of benzene rings is 2. The molecule has 2 aromatic rings. The number of carbonyl (C=O) groups is 1. The van der Waals surface area contributed by atoms with E-state index in [4.69, 9.17) is 0 Å². The molecule has 3 heteroatoms. The van der Waals surface area contributed by atoms with E-state index < -0.39 is 0 Å². The zero-order valence-corrected chi connectivity index (χ0v) is 13.7. The van der Waals surface area contributed by atoms with E-state index in [0.717, 1.165) is 17.6 Å². The number of unbranched alkanes of at least 4 members (excludes halogenated alkanes) is 3. The van der Waals surface area contributed by atoms with Gasteiger partial charge < -0.3 is 0 Å². The van der Waals surface area contributed by atoms with Gasteiger partial charge in [0.05, 0.1) is 0 Å². The molecule has 1 saturated heterocycles. The van der Waals surface area contributed by atoms with E-state index >= 15 is 0 Å². The first kappa shape index (κ1) is 15.8. The van der Waals surface area contributed by atoms with Crippen LogP contribution in [0.25, 0.3) is 16.8 Å². The van der Waals surface area contributed by atoms with Crippen LogP contribution in [-0.4, -0.2) is 12.5 Å². The summed E-state index contributed by atoms with van der Waals surface area (Å²) < 4.78 is 0. The molecule has 1 amide bonds. The number of aryl methyl sites for hydroxylation is 1. The minimum Gasteiger partial charge on any atom is -0.287 e. The number of rotatable bonds is 6. The number of hydrogen-bond donors (Lipinski definition) is 2. The maximum absolute atomic E-state index is 11.8. The van der Waals surface area contributed by atoms with Crippen molar-refractivity contribution >= 4 is 22.8 Å². The second kappa shape index (κ2) is 7.42. The molecule has 0 spiro atoms. The predicted octanol–water partition coefficient (Wildman–Crippen LogP) is 3.98. The van der Waals surface area contributed by atoms with Crippen molar-refractivity contribution in [3.05, 3.63) is 53.1 Å². The van der Waals surface area contributed by atoms with Gasteiger partial charge in [-0.25, -0.2) is 5.43 Å². The Morgan fingerprint density at radius 2 is 1.91 bits per heavy atom. The molecule has 3 rings (SSSR count). The van der Waals surface area contributed by atoms with Crippen LogP contribution in [0.2, 0.25) is 0 Å². The third kappa shape index (κ3) is 3.62. The summed E-state index contributed by atoms with van der Waals surface area (Å²) in [7, 11) is 0. The van der Waals surface area contributed by atoms with Gasteiger partial charge in [-0.1, -0.05) is 62.6 Å². The molecule has 1 aliphatic rings. The van der Waals surface area contributed by atoms with Crippen LogP contribution in [-0.2, 0) is 11.2 Å². The third-order valence-electron chi connectivity index (χ3n) is 4.43. The lowest BCUT2D eigenvalue weighted by atomic mass is 9.94. The van der Waals surface area contributed by atoms with Crippen LogP contribution in [0.1, 0.15) is 43.7 Å². The summed E-state index contributed by atoms with van der Waals surface area (Å²) in [6, 6.07) is 12.8. The molecule has 0 saturated carbocycles. The molecule has 1 aliphatic heterocycles. The topological polar surface area (TPSA) is 41.1 Å². The summed E-state index contributed by atoms with van der Waals surface area (Å²) in [5, 5.41) is 2.54. The van der Waals surface area contributed by atoms with Crippen molar-refractivity contribution < 1.29 is 4.79 Å². The lowest BCUT2D eigenvalue weighted by molar-refractivity contribution is -0.116. The average Bonchev–Trinajstić information content (AvgIpc) is 2.97. The number of hydrazine groups is 1. The van der Waals surface area contributed by atoms with Crippen molar-refractivity contribution in [3.8, 4) is 0 Å². The Bertz CT molecular complexity index is 728. The summed E-state index contributed by atoms with van der Waals surface area (Å²) >= 11 is 0. The SMILES string of the molecule is CCCCCCc1cccc2cccc(/C=C3\CNNC3=O)c12. The van der Waals surface area contributed by atoms with E-state index in [-0.39, 0.29) is 5.91 Å². The molecule has 0 atom stereocenters. The molecule has 2 N–H and O–H groups in total. The van der Waals surface area contributed by atoms with Crippen molar-refractivity contribution in [3.63, 3.8) is 0 Å². The van der Waals surface area contributed by atoms with Crippen LogP contribution in [0.15, 0.2) is 42.0 Å². The van der Waals surface area contributed by atoms with Gasteiger partial charge in [-0.05, 0) is 40.8 Å². The Kier molecular flexibility index (Phi) is 5.09. The second-order valence-electron chi connectivity index (χ2n) is 6.15. The highest BCUT2D eigenvalue weighted by atomic mass is 16.2. The molecule has 0 bridgehead atoms. The van der Waals surface area contributed by atoms with Crippen LogP contribution in [0.5, 0.6) is 0 Å². The Balaban J connectivity index is 1.96. The molecule has 0 unspecified atom stereocenters. The molecule has 0 aliphatic carbocycles. The minimum atomic E-state index is -0.0255. The minimum absolute atomic E-state index is 0.0255.